The van der Waals surface area contributed by atoms with E-state index in [9.17, 15) is 4.79 Å². The van der Waals surface area contributed by atoms with Crippen LogP contribution in [0.5, 0.6) is 0 Å². The number of anilines is 1. The van der Waals surface area contributed by atoms with Gasteiger partial charge in [-0.25, -0.2) is 0 Å². The highest BCUT2D eigenvalue weighted by atomic mass is 16.1. The molecular weight excluding hydrogens is 296 g/mol. The van der Waals surface area contributed by atoms with Gasteiger partial charge in [0.05, 0.1) is 0 Å². The monoisotopic (exact) mass is 328 g/mol. The van der Waals surface area contributed by atoms with Gasteiger partial charge in [-0.15, -0.1) is 0 Å². The van der Waals surface area contributed by atoms with Crippen LogP contribution in [0.25, 0.3) is 5.57 Å². The second-order valence-electron chi connectivity index (χ2n) is 6.85. The van der Waals surface area contributed by atoms with Crippen molar-refractivity contribution in [3.8, 4) is 0 Å². The summed E-state index contributed by atoms with van der Waals surface area (Å²) in [6, 6.07) is 6.09. The van der Waals surface area contributed by atoms with Gasteiger partial charge in [0.2, 0.25) is 0 Å². The lowest BCUT2D eigenvalue weighted by atomic mass is 9.95. The highest BCUT2D eigenvalue weighted by Gasteiger charge is 2.17. The van der Waals surface area contributed by atoms with Crippen LogP contribution in [0.1, 0.15) is 63.0 Å². The fourth-order valence-corrected chi connectivity index (χ4v) is 3.76. The fourth-order valence-electron chi connectivity index (χ4n) is 3.76. The molecule has 1 amide bonds. The Kier molecular flexibility index (Phi) is 7.36. The zero-order valence-corrected chi connectivity index (χ0v) is 15.5. The molecular formula is C21H32N2O. The van der Waals surface area contributed by atoms with E-state index >= 15 is 0 Å². The average Bonchev–Trinajstić information content (AvgIpc) is 2.85. The molecule has 1 fully saturated rings. The molecule has 0 aliphatic heterocycles. The van der Waals surface area contributed by atoms with Gasteiger partial charge < -0.3 is 10.6 Å². The Hall–Kier alpha value is -1.77. The maximum Gasteiger partial charge on any atom is 0.251 e. The van der Waals surface area contributed by atoms with Gasteiger partial charge >= 0.3 is 0 Å². The quantitative estimate of drug-likeness (QED) is 0.575. The number of rotatable bonds is 6. The number of aryl methyl sites for hydroxylation is 1. The molecule has 2 N–H and O–H groups in total. The van der Waals surface area contributed by atoms with Gasteiger partial charge in [0.25, 0.3) is 5.91 Å². The number of nitrogens with one attached hydrogen (secondary N) is 2. The Morgan fingerprint density at radius 2 is 1.92 bits per heavy atom. The summed E-state index contributed by atoms with van der Waals surface area (Å²) in [5.41, 5.74) is 3.89. The van der Waals surface area contributed by atoms with Crippen molar-refractivity contribution < 1.29 is 4.79 Å². The van der Waals surface area contributed by atoms with Gasteiger partial charge in [-0.1, -0.05) is 56.7 Å². The van der Waals surface area contributed by atoms with Crippen LogP contribution in [0.2, 0.25) is 0 Å². The first kappa shape index (κ1) is 18.6. The van der Waals surface area contributed by atoms with Crippen molar-refractivity contribution in [2.45, 2.75) is 58.8 Å². The van der Waals surface area contributed by atoms with Crippen molar-refractivity contribution in [2.75, 3.05) is 18.9 Å². The molecule has 0 atom stereocenters. The molecule has 1 saturated carbocycles. The standard InChI is InChI=1S/C21H32N2O/c1-4-18(20-16(2)10-9-13-19(20)22-3)21(24)23-15-14-17-11-7-5-6-8-12-17/h4,9-10,13,17,22H,5-8,11-12,14-15H2,1-3H3,(H,23,24)/b18-4+. The summed E-state index contributed by atoms with van der Waals surface area (Å²) in [5, 5.41) is 6.34. The molecule has 1 aromatic rings. The summed E-state index contributed by atoms with van der Waals surface area (Å²) < 4.78 is 0. The van der Waals surface area contributed by atoms with Crippen LogP contribution in [0.3, 0.4) is 0 Å². The van der Waals surface area contributed by atoms with E-state index in [2.05, 4.69) is 23.6 Å². The first-order chi connectivity index (χ1) is 11.7. The molecule has 0 bridgehead atoms. The third-order valence-electron chi connectivity index (χ3n) is 5.16. The molecule has 0 aromatic heterocycles. The van der Waals surface area contributed by atoms with Crippen molar-refractivity contribution in [3.63, 3.8) is 0 Å². The van der Waals surface area contributed by atoms with Gasteiger partial charge in [-0.05, 0) is 37.8 Å². The molecule has 1 aliphatic carbocycles. The van der Waals surface area contributed by atoms with Crippen LogP contribution < -0.4 is 10.6 Å². The van der Waals surface area contributed by atoms with E-state index in [1.165, 1.54) is 38.5 Å². The SMILES string of the molecule is C/C=C(/C(=O)NCCC1CCCCCC1)c1c(C)cccc1NC. The van der Waals surface area contributed by atoms with Crippen LogP contribution in [0, 0.1) is 12.8 Å². The van der Waals surface area contributed by atoms with Crippen molar-refractivity contribution in [3.05, 3.63) is 35.4 Å². The van der Waals surface area contributed by atoms with Gasteiger partial charge in [-0.2, -0.15) is 0 Å². The van der Waals surface area contributed by atoms with Crippen molar-refractivity contribution in [1.29, 1.82) is 0 Å². The van der Waals surface area contributed by atoms with E-state index < -0.39 is 0 Å². The molecule has 132 valence electrons. The second-order valence-corrected chi connectivity index (χ2v) is 6.85. The number of carbonyl (C=O) groups excluding carboxylic acids is 1. The number of hydrogen-bond acceptors (Lipinski definition) is 2. The van der Waals surface area contributed by atoms with E-state index in [0.29, 0.717) is 0 Å². The first-order valence-corrected chi connectivity index (χ1v) is 9.39. The number of amides is 1. The summed E-state index contributed by atoms with van der Waals surface area (Å²) in [4.78, 5) is 12.7. The third kappa shape index (κ3) is 4.86. The maximum atomic E-state index is 12.7. The molecule has 0 saturated heterocycles. The highest BCUT2D eigenvalue weighted by molar-refractivity contribution is 6.21. The highest BCUT2D eigenvalue weighted by Crippen LogP contribution is 2.28. The molecule has 3 heteroatoms. The van der Waals surface area contributed by atoms with Gasteiger partial charge in [0.1, 0.15) is 0 Å². The molecule has 0 heterocycles. The predicted molar refractivity (Wildman–Crippen MR) is 103 cm³/mol. The summed E-state index contributed by atoms with van der Waals surface area (Å²) in [6.45, 7) is 4.77. The Morgan fingerprint density at radius 3 is 2.54 bits per heavy atom. The average molecular weight is 328 g/mol. The minimum absolute atomic E-state index is 0.0388. The van der Waals surface area contributed by atoms with Crippen molar-refractivity contribution in [2.24, 2.45) is 5.92 Å². The molecule has 0 spiro atoms. The fraction of sp³-hybridized carbons (Fsp3) is 0.571. The molecule has 24 heavy (non-hydrogen) atoms. The minimum atomic E-state index is 0.0388. The van der Waals surface area contributed by atoms with Crippen LogP contribution in [-0.4, -0.2) is 19.5 Å². The zero-order chi connectivity index (χ0) is 17.4. The molecule has 1 aromatic carbocycles. The van der Waals surface area contributed by atoms with E-state index in [0.717, 1.165) is 41.3 Å². The third-order valence-corrected chi connectivity index (χ3v) is 5.16. The predicted octanol–water partition coefficient (Wildman–Crippen LogP) is 4.92. The van der Waals surface area contributed by atoms with E-state index in [-0.39, 0.29) is 5.91 Å². The molecule has 0 unspecified atom stereocenters. The lowest BCUT2D eigenvalue weighted by molar-refractivity contribution is -0.115. The smallest absolute Gasteiger partial charge is 0.251 e. The number of carbonyl (C=O) groups is 1. The lowest BCUT2D eigenvalue weighted by Crippen LogP contribution is -2.27. The summed E-state index contributed by atoms with van der Waals surface area (Å²) in [6.07, 6.45) is 11.2. The lowest BCUT2D eigenvalue weighted by Gasteiger charge is -2.17. The van der Waals surface area contributed by atoms with Crippen molar-refractivity contribution >= 4 is 17.2 Å². The maximum absolute atomic E-state index is 12.7. The van der Waals surface area contributed by atoms with E-state index in [1.54, 1.807) is 0 Å². The Bertz CT molecular complexity index is 569. The number of hydrogen-bond donors (Lipinski definition) is 2. The Balaban J connectivity index is 1.97. The number of benzene rings is 1. The normalized spacial score (nSPS) is 16.5. The Morgan fingerprint density at radius 1 is 1.21 bits per heavy atom. The van der Waals surface area contributed by atoms with E-state index in [1.807, 2.05) is 32.2 Å². The molecule has 1 aliphatic rings. The van der Waals surface area contributed by atoms with Gasteiger partial charge in [-0.3, -0.25) is 4.79 Å². The summed E-state index contributed by atoms with van der Waals surface area (Å²) in [5.74, 6) is 0.824. The van der Waals surface area contributed by atoms with Crippen LogP contribution >= 0.6 is 0 Å². The van der Waals surface area contributed by atoms with Crippen molar-refractivity contribution in [1.82, 2.24) is 5.32 Å². The zero-order valence-electron chi connectivity index (χ0n) is 15.5. The van der Waals surface area contributed by atoms with Crippen LogP contribution in [0.15, 0.2) is 24.3 Å². The van der Waals surface area contributed by atoms with Crippen LogP contribution in [0.4, 0.5) is 5.69 Å². The molecule has 3 nitrogen and oxygen atoms in total. The summed E-state index contributed by atoms with van der Waals surface area (Å²) >= 11 is 0. The van der Waals surface area contributed by atoms with Gasteiger partial charge in [0.15, 0.2) is 0 Å². The largest absolute Gasteiger partial charge is 0.388 e. The molecule has 2 rings (SSSR count). The topological polar surface area (TPSA) is 41.1 Å². The van der Waals surface area contributed by atoms with Gasteiger partial charge in [0, 0.05) is 30.4 Å². The van der Waals surface area contributed by atoms with E-state index in [4.69, 9.17) is 0 Å². The second kappa shape index (κ2) is 9.51. The molecule has 0 radical (unpaired) electrons. The Labute approximate surface area is 146 Å². The first-order valence-electron chi connectivity index (χ1n) is 9.39. The summed E-state index contributed by atoms with van der Waals surface area (Å²) in [7, 11) is 1.90. The van der Waals surface area contributed by atoms with Crippen LogP contribution in [-0.2, 0) is 4.79 Å². The number of allylic oxidation sites excluding steroid dienone is 1. The minimum Gasteiger partial charge on any atom is -0.388 e.